The van der Waals surface area contributed by atoms with Gasteiger partial charge in [0.1, 0.15) is 0 Å². The average molecular weight is 266 g/mol. The molecule has 1 unspecified atom stereocenters. The SMILES string of the molecule is CC(C)(C)CC(N)CC(=O)Nc1nnc(C2CC2)o1. The Balaban J connectivity index is 1.79. The summed E-state index contributed by atoms with van der Waals surface area (Å²) in [6.45, 7) is 6.31. The lowest BCUT2D eigenvalue weighted by molar-refractivity contribution is -0.116. The summed E-state index contributed by atoms with van der Waals surface area (Å²) in [5.41, 5.74) is 6.06. The summed E-state index contributed by atoms with van der Waals surface area (Å²) < 4.78 is 5.37. The molecule has 106 valence electrons. The molecule has 1 saturated carbocycles. The Hall–Kier alpha value is -1.43. The second-order valence-electron chi connectivity index (χ2n) is 6.50. The minimum atomic E-state index is -0.178. The van der Waals surface area contributed by atoms with Crippen LogP contribution in [0.3, 0.4) is 0 Å². The van der Waals surface area contributed by atoms with Crippen molar-refractivity contribution in [2.45, 2.75) is 58.4 Å². The molecule has 19 heavy (non-hydrogen) atoms. The predicted octanol–water partition coefficient (Wildman–Crippen LogP) is 2.04. The first kappa shape index (κ1) is 14.0. The number of aromatic nitrogens is 2. The van der Waals surface area contributed by atoms with Gasteiger partial charge in [0.25, 0.3) is 0 Å². The van der Waals surface area contributed by atoms with Crippen molar-refractivity contribution in [2.75, 3.05) is 5.32 Å². The second-order valence-corrected chi connectivity index (χ2v) is 6.50. The monoisotopic (exact) mass is 266 g/mol. The Morgan fingerprint density at radius 1 is 1.47 bits per heavy atom. The van der Waals surface area contributed by atoms with Crippen LogP contribution in [0.5, 0.6) is 0 Å². The van der Waals surface area contributed by atoms with Crippen LogP contribution in [0, 0.1) is 5.41 Å². The van der Waals surface area contributed by atoms with Crippen LogP contribution in [0.15, 0.2) is 4.42 Å². The highest BCUT2D eigenvalue weighted by atomic mass is 16.4. The Morgan fingerprint density at radius 2 is 2.16 bits per heavy atom. The van der Waals surface area contributed by atoms with Gasteiger partial charge in [0.05, 0.1) is 0 Å². The number of carbonyl (C=O) groups excluding carboxylic acids is 1. The molecule has 3 N–H and O–H groups in total. The first-order chi connectivity index (χ1) is 8.83. The first-order valence-corrected chi connectivity index (χ1v) is 6.72. The third-order valence-corrected chi connectivity index (χ3v) is 2.94. The van der Waals surface area contributed by atoms with Crippen molar-refractivity contribution in [2.24, 2.45) is 11.1 Å². The number of carbonyl (C=O) groups is 1. The summed E-state index contributed by atoms with van der Waals surface area (Å²) in [5, 5.41) is 10.3. The van der Waals surface area contributed by atoms with Gasteiger partial charge in [0, 0.05) is 18.4 Å². The smallest absolute Gasteiger partial charge is 0.322 e. The third kappa shape index (κ3) is 4.63. The minimum absolute atomic E-state index is 0.114. The van der Waals surface area contributed by atoms with Crippen LogP contribution in [-0.4, -0.2) is 22.1 Å². The Morgan fingerprint density at radius 3 is 2.74 bits per heavy atom. The summed E-state index contributed by atoms with van der Waals surface area (Å²) in [6.07, 6.45) is 3.23. The molecule has 1 aromatic rings. The standard InChI is InChI=1S/C13H22N4O2/c1-13(2,3)7-9(14)6-10(18)15-12-17-16-11(19-12)8-4-5-8/h8-9H,4-7,14H2,1-3H3,(H,15,17,18). The molecule has 1 atom stereocenters. The molecular formula is C13H22N4O2. The van der Waals surface area contributed by atoms with E-state index in [-0.39, 0.29) is 29.8 Å². The summed E-state index contributed by atoms with van der Waals surface area (Å²) in [4.78, 5) is 11.8. The zero-order chi connectivity index (χ0) is 14.0. The Bertz CT molecular complexity index is 446. The van der Waals surface area contributed by atoms with E-state index in [1.807, 2.05) is 0 Å². The van der Waals surface area contributed by atoms with E-state index in [0.29, 0.717) is 11.8 Å². The molecule has 0 saturated heterocycles. The van der Waals surface area contributed by atoms with E-state index in [9.17, 15) is 4.79 Å². The summed E-state index contributed by atoms with van der Waals surface area (Å²) in [6, 6.07) is 0.0145. The van der Waals surface area contributed by atoms with Crippen LogP contribution in [0.4, 0.5) is 6.01 Å². The van der Waals surface area contributed by atoms with Crippen LogP contribution in [0.2, 0.25) is 0 Å². The third-order valence-electron chi connectivity index (χ3n) is 2.94. The van der Waals surface area contributed by atoms with E-state index in [1.54, 1.807) is 0 Å². The van der Waals surface area contributed by atoms with Crippen molar-refractivity contribution < 1.29 is 9.21 Å². The zero-order valence-corrected chi connectivity index (χ0v) is 11.8. The summed E-state index contributed by atoms with van der Waals surface area (Å²) in [5.74, 6) is 0.832. The van der Waals surface area contributed by atoms with Crippen LogP contribution in [-0.2, 0) is 4.79 Å². The van der Waals surface area contributed by atoms with Crippen molar-refractivity contribution in [3.05, 3.63) is 5.89 Å². The minimum Gasteiger partial charge on any atom is -0.408 e. The van der Waals surface area contributed by atoms with Gasteiger partial charge in [0.2, 0.25) is 11.8 Å². The molecule has 1 heterocycles. The maximum atomic E-state index is 11.8. The highest BCUT2D eigenvalue weighted by Gasteiger charge is 2.29. The molecular weight excluding hydrogens is 244 g/mol. The van der Waals surface area contributed by atoms with Crippen LogP contribution < -0.4 is 11.1 Å². The maximum absolute atomic E-state index is 11.8. The van der Waals surface area contributed by atoms with Gasteiger partial charge in [-0.25, -0.2) is 0 Å². The quantitative estimate of drug-likeness (QED) is 0.850. The lowest BCUT2D eigenvalue weighted by atomic mass is 9.87. The van der Waals surface area contributed by atoms with Crippen molar-refractivity contribution in [3.63, 3.8) is 0 Å². The van der Waals surface area contributed by atoms with Crippen LogP contribution >= 0.6 is 0 Å². The van der Waals surface area contributed by atoms with Crippen LogP contribution in [0.1, 0.15) is 58.3 Å². The maximum Gasteiger partial charge on any atom is 0.322 e. The molecule has 1 fully saturated rings. The van der Waals surface area contributed by atoms with Gasteiger partial charge < -0.3 is 10.2 Å². The normalized spacial score (nSPS) is 17.3. The number of hydrogen-bond donors (Lipinski definition) is 2. The number of rotatable bonds is 5. The fourth-order valence-corrected chi connectivity index (χ4v) is 2.05. The van der Waals surface area contributed by atoms with Gasteiger partial charge in [-0.05, 0) is 24.7 Å². The lowest BCUT2D eigenvalue weighted by Crippen LogP contribution is -2.31. The predicted molar refractivity (Wildman–Crippen MR) is 71.6 cm³/mol. The highest BCUT2D eigenvalue weighted by molar-refractivity contribution is 5.88. The molecule has 6 heteroatoms. The van der Waals surface area contributed by atoms with Gasteiger partial charge in [-0.15, -0.1) is 5.10 Å². The fraction of sp³-hybridized carbons (Fsp3) is 0.769. The molecule has 1 amide bonds. The van der Waals surface area contributed by atoms with Gasteiger partial charge >= 0.3 is 6.01 Å². The molecule has 1 aromatic heterocycles. The lowest BCUT2D eigenvalue weighted by Gasteiger charge is -2.22. The van der Waals surface area contributed by atoms with Crippen molar-refractivity contribution >= 4 is 11.9 Å². The number of anilines is 1. The number of amides is 1. The van der Waals surface area contributed by atoms with Gasteiger partial charge in [-0.1, -0.05) is 25.9 Å². The molecule has 1 aliphatic rings. The average Bonchev–Trinajstić information content (AvgIpc) is 2.97. The first-order valence-electron chi connectivity index (χ1n) is 6.72. The van der Waals surface area contributed by atoms with E-state index in [4.69, 9.17) is 10.2 Å². The van der Waals surface area contributed by atoms with Gasteiger partial charge in [-0.3, -0.25) is 10.1 Å². The van der Waals surface area contributed by atoms with Crippen molar-refractivity contribution in [1.82, 2.24) is 10.2 Å². The fourth-order valence-electron chi connectivity index (χ4n) is 2.05. The molecule has 0 radical (unpaired) electrons. The number of hydrogen-bond acceptors (Lipinski definition) is 5. The van der Waals surface area contributed by atoms with Crippen LogP contribution in [0.25, 0.3) is 0 Å². The highest BCUT2D eigenvalue weighted by Crippen LogP contribution is 2.39. The van der Waals surface area contributed by atoms with E-state index < -0.39 is 0 Å². The largest absolute Gasteiger partial charge is 0.408 e. The number of nitrogens with one attached hydrogen (secondary N) is 1. The molecule has 6 nitrogen and oxygen atoms in total. The van der Waals surface area contributed by atoms with E-state index in [0.717, 1.165) is 19.3 Å². The van der Waals surface area contributed by atoms with Crippen molar-refractivity contribution in [3.8, 4) is 0 Å². The summed E-state index contributed by atoms with van der Waals surface area (Å²) in [7, 11) is 0. The topological polar surface area (TPSA) is 94.0 Å². The molecule has 0 aliphatic heterocycles. The zero-order valence-electron chi connectivity index (χ0n) is 11.8. The van der Waals surface area contributed by atoms with E-state index >= 15 is 0 Å². The van der Waals surface area contributed by atoms with Gasteiger partial charge in [0.15, 0.2) is 0 Å². The van der Waals surface area contributed by atoms with Crippen molar-refractivity contribution in [1.29, 1.82) is 0 Å². The van der Waals surface area contributed by atoms with E-state index in [2.05, 4.69) is 36.3 Å². The van der Waals surface area contributed by atoms with Gasteiger partial charge in [-0.2, -0.15) is 0 Å². The molecule has 0 spiro atoms. The second kappa shape index (κ2) is 5.28. The molecule has 0 bridgehead atoms. The Labute approximate surface area is 113 Å². The molecule has 0 aromatic carbocycles. The Kier molecular flexibility index (Phi) is 3.89. The number of nitrogens with two attached hydrogens (primary N) is 1. The molecule has 2 rings (SSSR count). The number of nitrogens with zero attached hydrogens (tertiary/aromatic N) is 2. The van der Waals surface area contributed by atoms with E-state index in [1.165, 1.54) is 0 Å². The molecule has 1 aliphatic carbocycles. The summed E-state index contributed by atoms with van der Waals surface area (Å²) >= 11 is 0.